The van der Waals surface area contributed by atoms with Crippen molar-refractivity contribution in [2.75, 3.05) is 10.7 Å². The predicted octanol–water partition coefficient (Wildman–Crippen LogP) is 3.33. The molecule has 0 unspecified atom stereocenters. The second kappa shape index (κ2) is 5.90. The monoisotopic (exact) mass is 293 g/mol. The molecule has 0 bridgehead atoms. The van der Waals surface area contributed by atoms with E-state index in [0.717, 1.165) is 5.56 Å². The van der Waals surface area contributed by atoms with E-state index in [1.807, 2.05) is 6.92 Å². The van der Waals surface area contributed by atoms with Crippen molar-refractivity contribution in [1.29, 1.82) is 0 Å². The molecule has 4 nitrogen and oxygen atoms in total. The van der Waals surface area contributed by atoms with Gasteiger partial charge >= 0.3 is 0 Å². The van der Waals surface area contributed by atoms with E-state index in [9.17, 15) is 9.18 Å². The number of halogens is 2. The largest absolute Gasteiger partial charge is 0.322 e. The standard InChI is InChI=1S/C14H13ClFN3O/c1-8-5-6-9(7-11(8)15)18-14(20)10-3-2-4-12(16)13(10)19-17/h2-7,19H,17H2,1H3,(H,18,20). The third-order valence-corrected chi connectivity index (χ3v) is 3.24. The normalized spacial score (nSPS) is 10.2. The summed E-state index contributed by atoms with van der Waals surface area (Å²) in [6.45, 7) is 1.86. The number of nitrogens with one attached hydrogen (secondary N) is 2. The number of rotatable bonds is 3. The van der Waals surface area contributed by atoms with Crippen molar-refractivity contribution in [1.82, 2.24) is 0 Å². The zero-order valence-electron chi connectivity index (χ0n) is 10.7. The number of amides is 1. The highest BCUT2D eigenvalue weighted by molar-refractivity contribution is 6.31. The first-order valence-electron chi connectivity index (χ1n) is 5.85. The van der Waals surface area contributed by atoms with Gasteiger partial charge in [-0.1, -0.05) is 23.7 Å². The maximum Gasteiger partial charge on any atom is 0.257 e. The smallest absolute Gasteiger partial charge is 0.257 e. The van der Waals surface area contributed by atoms with Crippen molar-refractivity contribution in [2.45, 2.75) is 6.92 Å². The molecule has 0 radical (unpaired) electrons. The van der Waals surface area contributed by atoms with Gasteiger partial charge in [-0.15, -0.1) is 0 Å². The van der Waals surface area contributed by atoms with Crippen molar-refractivity contribution >= 4 is 28.9 Å². The molecule has 0 saturated carbocycles. The zero-order valence-corrected chi connectivity index (χ0v) is 11.5. The lowest BCUT2D eigenvalue weighted by molar-refractivity contribution is 0.102. The summed E-state index contributed by atoms with van der Waals surface area (Å²) in [7, 11) is 0. The van der Waals surface area contributed by atoms with Crippen LogP contribution in [-0.4, -0.2) is 5.91 Å². The lowest BCUT2D eigenvalue weighted by atomic mass is 10.1. The summed E-state index contributed by atoms with van der Waals surface area (Å²) in [5.41, 5.74) is 3.68. The van der Waals surface area contributed by atoms with Crippen molar-refractivity contribution in [3.05, 3.63) is 58.4 Å². The molecular formula is C14H13ClFN3O. The fourth-order valence-electron chi connectivity index (χ4n) is 1.73. The number of hydrogen-bond donors (Lipinski definition) is 3. The van der Waals surface area contributed by atoms with E-state index in [2.05, 4.69) is 10.7 Å². The maximum absolute atomic E-state index is 13.5. The summed E-state index contributed by atoms with van der Waals surface area (Å²) >= 11 is 5.98. The molecule has 0 saturated heterocycles. The van der Waals surface area contributed by atoms with Gasteiger partial charge in [0, 0.05) is 10.7 Å². The molecule has 4 N–H and O–H groups in total. The molecular weight excluding hydrogens is 281 g/mol. The molecule has 20 heavy (non-hydrogen) atoms. The van der Waals surface area contributed by atoms with Crippen LogP contribution in [0, 0.1) is 12.7 Å². The Morgan fingerprint density at radius 2 is 2.05 bits per heavy atom. The molecule has 2 rings (SSSR count). The fourth-order valence-corrected chi connectivity index (χ4v) is 1.91. The van der Waals surface area contributed by atoms with E-state index in [0.29, 0.717) is 10.7 Å². The van der Waals surface area contributed by atoms with Crippen molar-refractivity contribution in [2.24, 2.45) is 5.84 Å². The van der Waals surface area contributed by atoms with E-state index in [-0.39, 0.29) is 11.3 Å². The highest BCUT2D eigenvalue weighted by Gasteiger charge is 2.14. The predicted molar refractivity (Wildman–Crippen MR) is 78.4 cm³/mol. The topological polar surface area (TPSA) is 67.2 Å². The number of nitrogen functional groups attached to an aromatic ring is 1. The van der Waals surface area contributed by atoms with Crippen LogP contribution in [0.25, 0.3) is 0 Å². The molecule has 2 aromatic rings. The summed E-state index contributed by atoms with van der Waals surface area (Å²) in [6, 6.07) is 9.26. The van der Waals surface area contributed by atoms with E-state index in [1.165, 1.54) is 18.2 Å². The number of hydrazine groups is 1. The fraction of sp³-hybridized carbons (Fsp3) is 0.0714. The molecule has 0 aliphatic rings. The summed E-state index contributed by atoms with van der Waals surface area (Å²) in [5.74, 6) is 4.17. The molecule has 0 atom stereocenters. The quantitative estimate of drug-likeness (QED) is 0.601. The zero-order chi connectivity index (χ0) is 14.7. The van der Waals surface area contributed by atoms with Gasteiger partial charge in [-0.25, -0.2) is 4.39 Å². The first-order valence-corrected chi connectivity index (χ1v) is 6.23. The summed E-state index contributed by atoms with van der Waals surface area (Å²) in [4.78, 5) is 12.1. The molecule has 0 aliphatic heterocycles. The number of aryl methyl sites for hydroxylation is 1. The first-order chi connectivity index (χ1) is 9.52. The Kier molecular flexibility index (Phi) is 4.22. The van der Waals surface area contributed by atoms with Gasteiger partial charge in [0.05, 0.1) is 11.3 Å². The average molecular weight is 294 g/mol. The molecule has 0 fully saturated rings. The molecule has 1 amide bonds. The minimum absolute atomic E-state index is 0.0526. The Labute approximate surface area is 120 Å². The lowest BCUT2D eigenvalue weighted by Crippen LogP contribution is -2.18. The molecule has 0 aromatic heterocycles. The van der Waals surface area contributed by atoms with Crippen LogP contribution in [0.3, 0.4) is 0 Å². The number of hydrogen-bond acceptors (Lipinski definition) is 3. The molecule has 0 aliphatic carbocycles. The van der Waals surface area contributed by atoms with Gasteiger partial charge in [-0.2, -0.15) is 0 Å². The van der Waals surface area contributed by atoms with Gasteiger partial charge in [0.25, 0.3) is 5.91 Å². The molecule has 0 heterocycles. The van der Waals surface area contributed by atoms with Crippen LogP contribution < -0.4 is 16.6 Å². The SMILES string of the molecule is Cc1ccc(NC(=O)c2cccc(F)c2NN)cc1Cl. The first kappa shape index (κ1) is 14.3. The number of carbonyl (C=O) groups is 1. The van der Waals surface area contributed by atoms with Crippen LogP contribution in [0.2, 0.25) is 5.02 Å². The highest BCUT2D eigenvalue weighted by Crippen LogP contribution is 2.23. The summed E-state index contributed by atoms with van der Waals surface area (Å²) in [5, 5.41) is 3.18. The molecule has 6 heteroatoms. The Bertz CT molecular complexity index is 661. The van der Waals surface area contributed by atoms with Crippen molar-refractivity contribution in [3.8, 4) is 0 Å². The molecule has 2 aromatic carbocycles. The summed E-state index contributed by atoms with van der Waals surface area (Å²) in [6.07, 6.45) is 0. The van der Waals surface area contributed by atoms with Gasteiger partial charge in [0.1, 0.15) is 5.82 Å². The summed E-state index contributed by atoms with van der Waals surface area (Å²) < 4.78 is 13.5. The van der Waals surface area contributed by atoms with Gasteiger partial charge in [-0.3, -0.25) is 10.6 Å². The van der Waals surface area contributed by atoms with Crippen LogP contribution in [0.5, 0.6) is 0 Å². The Morgan fingerprint density at radius 1 is 1.30 bits per heavy atom. The van der Waals surface area contributed by atoms with Crippen LogP contribution in [-0.2, 0) is 0 Å². The van der Waals surface area contributed by atoms with E-state index in [4.69, 9.17) is 17.4 Å². The minimum Gasteiger partial charge on any atom is -0.322 e. The molecule has 0 spiro atoms. The number of nitrogens with two attached hydrogens (primary N) is 1. The van der Waals surface area contributed by atoms with Crippen LogP contribution in [0.15, 0.2) is 36.4 Å². The van der Waals surface area contributed by atoms with Gasteiger partial charge < -0.3 is 10.7 Å². The highest BCUT2D eigenvalue weighted by atomic mass is 35.5. The second-order valence-electron chi connectivity index (χ2n) is 4.22. The van der Waals surface area contributed by atoms with E-state index >= 15 is 0 Å². The van der Waals surface area contributed by atoms with E-state index < -0.39 is 11.7 Å². The number of para-hydroxylation sites is 1. The Balaban J connectivity index is 2.28. The minimum atomic E-state index is -0.595. The van der Waals surface area contributed by atoms with Crippen molar-refractivity contribution in [3.63, 3.8) is 0 Å². The van der Waals surface area contributed by atoms with Gasteiger partial charge in [0.15, 0.2) is 0 Å². The van der Waals surface area contributed by atoms with Crippen LogP contribution in [0.4, 0.5) is 15.8 Å². The Hall–Kier alpha value is -2.11. The third-order valence-electron chi connectivity index (χ3n) is 2.83. The van der Waals surface area contributed by atoms with Gasteiger partial charge in [0.2, 0.25) is 0 Å². The molecule has 104 valence electrons. The van der Waals surface area contributed by atoms with Crippen LogP contribution in [0.1, 0.15) is 15.9 Å². The second-order valence-corrected chi connectivity index (χ2v) is 4.63. The van der Waals surface area contributed by atoms with Crippen LogP contribution >= 0.6 is 11.6 Å². The van der Waals surface area contributed by atoms with Gasteiger partial charge in [-0.05, 0) is 36.8 Å². The average Bonchev–Trinajstić information content (AvgIpc) is 2.42. The lowest BCUT2D eigenvalue weighted by Gasteiger charge is -2.11. The maximum atomic E-state index is 13.5. The van der Waals surface area contributed by atoms with Crippen molar-refractivity contribution < 1.29 is 9.18 Å². The third kappa shape index (κ3) is 2.89. The Morgan fingerprint density at radius 3 is 2.70 bits per heavy atom. The number of benzene rings is 2. The number of carbonyl (C=O) groups excluding carboxylic acids is 1. The number of anilines is 2. The van der Waals surface area contributed by atoms with E-state index in [1.54, 1.807) is 18.2 Å².